The average molecular weight is 410 g/mol. The summed E-state index contributed by atoms with van der Waals surface area (Å²) in [6.45, 7) is 0. The Labute approximate surface area is 150 Å². The van der Waals surface area contributed by atoms with Crippen LogP contribution in [0.5, 0.6) is 0 Å². The zero-order valence-corrected chi connectivity index (χ0v) is 14.5. The summed E-state index contributed by atoms with van der Waals surface area (Å²) in [7, 11) is 0. The summed E-state index contributed by atoms with van der Waals surface area (Å²) < 4.78 is 0.819. The van der Waals surface area contributed by atoms with Gasteiger partial charge in [-0.25, -0.2) is 0 Å². The number of anilines is 2. The Morgan fingerprint density at radius 3 is 2.58 bits per heavy atom. The smallest absolute Gasteiger partial charge is 0.271 e. The monoisotopic (exact) mass is 409 g/mol. The highest BCUT2D eigenvalue weighted by Gasteiger charge is 2.16. The normalized spacial score (nSPS) is 9.88. The number of nitrogens with one attached hydrogen (secondary N) is 3. The van der Waals surface area contributed by atoms with Gasteiger partial charge in [-0.15, -0.1) is 0 Å². The third-order valence-electron chi connectivity index (χ3n) is 2.86. The maximum absolute atomic E-state index is 12.2. The molecule has 5 N–H and O–H groups in total. The molecule has 0 aromatic heterocycles. The van der Waals surface area contributed by atoms with E-state index in [1.165, 1.54) is 18.2 Å². The second-order valence-corrected chi connectivity index (χ2v) is 5.92. The van der Waals surface area contributed by atoms with Crippen molar-refractivity contribution in [3.8, 4) is 0 Å². The van der Waals surface area contributed by atoms with Crippen LogP contribution in [-0.2, 0) is 0 Å². The number of nitro groups is 1. The predicted molar refractivity (Wildman–Crippen MR) is 97.9 cm³/mol. The third kappa shape index (κ3) is 4.64. The van der Waals surface area contributed by atoms with Crippen molar-refractivity contribution in [2.45, 2.75) is 0 Å². The number of nitrogens with two attached hydrogens (primary N) is 1. The largest absolute Gasteiger partial charge is 0.375 e. The van der Waals surface area contributed by atoms with Crippen LogP contribution >= 0.6 is 28.1 Å². The number of rotatable bonds is 4. The maximum Gasteiger partial charge on any atom is 0.271 e. The topological polar surface area (TPSA) is 122 Å². The molecule has 0 unspecified atom stereocenters. The molecule has 0 fully saturated rings. The summed E-state index contributed by atoms with van der Waals surface area (Å²) in [5.41, 5.74) is 10.8. The van der Waals surface area contributed by atoms with E-state index in [-0.39, 0.29) is 22.1 Å². The minimum absolute atomic E-state index is 0.105. The van der Waals surface area contributed by atoms with E-state index < -0.39 is 10.8 Å². The first-order valence-electron chi connectivity index (χ1n) is 6.53. The number of halogens is 1. The minimum Gasteiger partial charge on any atom is -0.375 e. The summed E-state index contributed by atoms with van der Waals surface area (Å²) >= 11 is 7.95. The number of thiocarbonyl (C=S) groups is 1. The fourth-order valence-electron chi connectivity index (χ4n) is 1.85. The van der Waals surface area contributed by atoms with Gasteiger partial charge >= 0.3 is 0 Å². The highest BCUT2D eigenvalue weighted by molar-refractivity contribution is 9.10. The molecule has 0 aliphatic carbocycles. The van der Waals surface area contributed by atoms with Gasteiger partial charge in [-0.05, 0) is 36.5 Å². The molecule has 0 atom stereocenters. The molecular weight excluding hydrogens is 398 g/mol. The Morgan fingerprint density at radius 2 is 1.96 bits per heavy atom. The Balaban J connectivity index is 2.37. The number of non-ortho nitro benzene ring substituents is 1. The molecule has 0 spiro atoms. The molecule has 0 heterocycles. The maximum atomic E-state index is 12.2. The van der Waals surface area contributed by atoms with Gasteiger partial charge in [0.15, 0.2) is 5.11 Å². The lowest BCUT2D eigenvalue weighted by atomic mass is 10.1. The van der Waals surface area contributed by atoms with Crippen molar-refractivity contribution < 1.29 is 9.72 Å². The molecule has 2 rings (SSSR count). The average Bonchev–Trinajstić information content (AvgIpc) is 2.52. The van der Waals surface area contributed by atoms with Gasteiger partial charge < -0.3 is 11.1 Å². The van der Waals surface area contributed by atoms with Crippen LogP contribution in [0.2, 0.25) is 0 Å². The van der Waals surface area contributed by atoms with Crippen LogP contribution in [-0.4, -0.2) is 15.9 Å². The van der Waals surface area contributed by atoms with Crippen molar-refractivity contribution >= 4 is 56.2 Å². The van der Waals surface area contributed by atoms with E-state index in [9.17, 15) is 14.9 Å². The van der Waals surface area contributed by atoms with Gasteiger partial charge in [0.25, 0.3) is 11.6 Å². The van der Waals surface area contributed by atoms with Crippen LogP contribution in [0.3, 0.4) is 0 Å². The lowest BCUT2D eigenvalue weighted by molar-refractivity contribution is -0.384. The molecule has 0 aliphatic heterocycles. The quantitative estimate of drug-likeness (QED) is 0.347. The van der Waals surface area contributed by atoms with Crippen LogP contribution in [0.1, 0.15) is 10.4 Å². The number of nitrogens with zero attached hydrogens (tertiary/aromatic N) is 1. The first-order chi connectivity index (χ1) is 11.4. The Bertz CT molecular complexity index is 815. The fourth-order valence-corrected chi connectivity index (χ4v) is 2.30. The number of hydrogen-bond donors (Lipinski definition) is 4. The van der Waals surface area contributed by atoms with Crippen LogP contribution in [0.25, 0.3) is 0 Å². The van der Waals surface area contributed by atoms with Gasteiger partial charge in [0, 0.05) is 22.3 Å². The van der Waals surface area contributed by atoms with Crippen LogP contribution in [0, 0.1) is 10.1 Å². The highest BCUT2D eigenvalue weighted by atomic mass is 79.9. The molecule has 2 aromatic rings. The van der Waals surface area contributed by atoms with Crippen LogP contribution < -0.4 is 21.9 Å². The summed E-state index contributed by atoms with van der Waals surface area (Å²) in [5.74, 6) is -0.546. The molecule has 0 bridgehead atoms. The summed E-state index contributed by atoms with van der Waals surface area (Å²) in [4.78, 5) is 22.6. The zero-order valence-electron chi connectivity index (χ0n) is 12.1. The third-order valence-corrected chi connectivity index (χ3v) is 3.46. The number of carbonyl (C=O) groups excluding carboxylic acids is 1. The summed E-state index contributed by atoms with van der Waals surface area (Å²) in [6.07, 6.45) is 0. The zero-order chi connectivity index (χ0) is 17.7. The second-order valence-electron chi connectivity index (χ2n) is 4.57. The number of hydrazine groups is 1. The van der Waals surface area contributed by atoms with E-state index >= 15 is 0 Å². The number of hydrogen-bond acceptors (Lipinski definition) is 5. The number of carbonyl (C=O) groups is 1. The molecule has 2 aromatic carbocycles. The van der Waals surface area contributed by atoms with Crippen molar-refractivity contribution in [1.29, 1.82) is 0 Å². The van der Waals surface area contributed by atoms with Crippen molar-refractivity contribution in [2.75, 3.05) is 5.32 Å². The molecule has 0 saturated heterocycles. The van der Waals surface area contributed by atoms with Gasteiger partial charge in [0.05, 0.1) is 16.2 Å². The van der Waals surface area contributed by atoms with Gasteiger partial charge in [-0.3, -0.25) is 25.8 Å². The molecule has 10 heteroatoms. The van der Waals surface area contributed by atoms with E-state index in [0.717, 1.165) is 4.47 Å². The van der Waals surface area contributed by atoms with Gasteiger partial charge in [0.2, 0.25) is 0 Å². The lowest BCUT2D eigenvalue weighted by Crippen LogP contribution is -2.44. The molecule has 1 amide bonds. The van der Waals surface area contributed by atoms with Gasteiger partial charge in [0.1, 0.15) is 0 Å². The van der Waals surface area contributed by atoms with Gasteiger partial charge in [-0.2, -0.15) is 0 Å². The molecule has 124 valence electrons. The van der Waals surface area contributed by atoms with E-state index in [0.29, 0.717) is 5.69 Å². The Morgan fingerprint density at radius 1 is 1.21 bits per heavy atom. The van der Waals surface area contributed by atoms with E-state index in [4.69, 9.17) is 5.73 Å². The van der Waals surface area contributed by atoms with E-state index in [1.54, 1.807) is 18.2 Å². The summed E-state index contributed by atoms with van der Waals surface area (Å²) in [5, 5.41) is 13.9. The minimum atomic E-state index is -0.546. The predicted octanol–water partition coefficient (Wildman–Crippen LogP) is 2.58. The second kappa shape index (κ2) is 7.70. The first kappa shape index (κ1) is 17.6. The molecular formula is C14H12BrN5O3S. The molecule has 0 radical (unpaired) electrons. The lowest BCUT2D eigenvalue weighted by Gasteiger charge is -2.13. The highest BCUT2D eigenvalue weighted by Crippen LogP contribution is 2.27. The SMILES string of the molecule is NC(=S)NNC(=O)c1ccc([N+](=O)[O-])cc1Nc1cccc(Br)c1. The summed E-state index contributed by atoms with van der Waals surface area (Å²) in [6, 6.07) is 11.0. The number of amides is 1. The van der Waals surface area contributed by atoms with E-state index in [2.05, 4.69) is 44.3 Å². The number of benzene rings is 2. The Hall–Kier alpha value is -2.72. The molecule has 8 nitrogen and oxygen atoms in total. The molecule has 0 saturated carbocycles. The van der Waals surface area contributed by atoms with Crippen molar-refractivity contribution in [3.63, 3.8) is 0 Å². The van der Waals surface area contributed by atoms with Gasteiger partial charge in [-0.1, -0.05) is 22.0 Å². The van der Waals surface area contributed by atoms with Crippen molar-refractivity contribution in [1.82, 2.24) is 10.9 Å². The van der Waals surface area contributed by atoms with E-state index in [1.807, 2.05) is 6.07 Å². The fraction of sp³-hybridized carbons (Fsp3) is 0. The van der Waals surface area contributed by atoms with Crippen molar-refractivity contribution in [3.05, 3.63) is 62.6 Å². The Kier molecular flexibility index (Phi) is 5.66. The number of nitro benzene ring substituents is 1. The first-order valence-corrected chi connectivity index (χ1v) is 7.74. The molecule has 24 heavy (non-hydrogen) atoms. The van der Waals surface area contributed by atoms with Crippen molar-refractivity contribution in [2.24, 2.45) is 5.73 Å². The standard InChI is InChI=1S/C14H12BrN5O3S/c15-8-2-1-3-9(6-8)17-12-7-10(20(22)23)4-5-11(12)13(21)18-19-14(16)24/h1-7,17H,(H,18,21)(H3,16,19,24). The van der Waals surface area contributed by atoms with Crippen LogP contribution in [0.4, 0.5) is 17.1 Å². The van der Waals surface area contributed by atoms with Crippen LogP contribution in [0.15, 0.2) is 46.9 Å². The molecule has 0 aliphatic rings.